The van der Waals surface area contributed by atoms with Gasteiger partial charge in [0.2, 0.25) is 0 Å². The van der Waals surface area contributed by atoms with Crippen LogP contribution in [0.4, 0.5) is 0 Å². The fourth-order valence-corrected chi connectivity index (χ4v) is 4.64. The number of aliphatic hydroxyl groups is 1. The average molecular weight is 508 g/mol. The smallest absolute Gasteiger partial charge is 0.295 e. The van der Waals surface area contributed by atoms with E-state index in [9.17, 15) is 14.7 Å². The molecule has 0 radical (unpaired) electrons. The molecule has 2 aliphatic rings. The molecule has 37 heavy (non-hydrogen) atoms. The number of morpholine rings is 1. The molecule has 1 aromatic carbocycles. The van der Waals surface area contributed by atoms with Gasteiger partial charge in [0.05, 0.1) is 31.4 Å². The van der Waals surface area contributed by atoms with Gasteiger partial charge in [-0.1, -0.05) is 18.7 Å². The van der Waals surface area contributed by atoms with Crippen LogP contribution in [0.15, 0.2) is 61.0 Å². The summed E-state index contributed by atoms with van der Waals surface area (Å²) < 4.78 is 17.0. The van der Waals surface area contributed by atoms with E-state index in [-0.39, 0.29) is 11.3 Å². The van der Waals surface area contributed by atoms with Gasteiger partial charge in [-0.2, -0.15) is 0 Å². The van der Waals surface area contributed by atoms with E-state index in [0.717, 1.165) is 19.6 Å². The van der Waals surface area contributed by atoms with Crippen molar-refractivity contribution >= 4 is 17.4 Å². The van der Waals surface area contributed by atoms with Crippen molar-refractivity contribution in [2.75, 3.05) is 52.6 Å². The average Bonchev–Trinajstić information content (AvgIpc) is 3.18. The van der Waals surface area contributed by atoms with Gasteiger partial charge in [0.1, 0.15) is 12.4 Å². The topological polar surface area (TPSA) is 101 Å². The number of hydrogen-bond acceptors (Lipinski definition) is 8. The van der Waals surface area contributed by atoms with Crippen molar-refractivity contribution in [3.05, 3.63) is 72.1 Å². The third-order valence-corrected chi connectivity index (χ3v) is 6.41. The van der Waals surface area contributed by atoms with Crippen LogP contribution in [-0.4, -0.2) is 84.2 Å². The summed E-state index contributed by atoms with van der Waals surface area (Å²) in [7, 11) is 0. The minimum absolute atomic E-state index is 0.0461. The van der Waals surface area contributed by atoms with Crippen LogP contribution in [0.5, 0.6) is 11.5 Å². The van der Waals surface area contributed by atoms with Crippen molar-refractivity contribution < 1.29 is 28.9 Å². The standard InChI is InChI=1S/C28H33N3O6/c1-3-16-37-22-7-6-21(19-23(22)36-4-2)25-24(26(32)20-8-10-29-11-9-20)27(33)28(34)31(25)13-5-12-30-14-17-35-18-15-30/h3,6-11,19,25,32H,1,4-5,12-18H2,2H3. The van der Waals surface area contributed by atoms with Gasteiger partial charge in [-0.25, -0.2) is 0 Å². The van der Waals surface area contributed by atoms with E-state index in [1.165, 1.54) is 12.4 Å². The first kappa shape index (κ1) is 26.4. The van der Waals surface area contributed by atoms with Crippen LogP contribution >= 0.6 is 0 Å². The Bertz CT molecular complexity index is 1140. The number of aliphatic hydroxyl groups excluding tert-OH is 1. The maximum Gasteiger partial charge on any atom is 0.295 e. The van der Waals surface area contributed by atoms with Crippen molar-refractivity contribution in [1.82, 2.24) is 14.8 Å². The predicted molar refractivity (Wildman–Crippen MR) is 138 cm³/mol. The number of carbonyl (C=O) groups excluding carboxylic acids is 2. The summed E-state index contributed by atoms with van der Waals surface area (Å²) in [5.41, 5.74) is 1.11. The first-order valence-corrected chi connectivity index (χ1v) is 12.5. The lowest BCUT2D eigenvalue weighted by Gasteiger charge is -2.29. The molecule has 0 spiro atoms. The van der Waals surface area contributed by atoms with Crippen molar-refractivity contribution in [3.63, 3.8) is 0 Å². The zero-order valence-corrected chi connectivity index (χ0v) is 21.1. The number of rotatable bonds is 11. The number of ether oxygens (including phenoxy) is 3. The quantitative estimate of drug-likeness (QED) is 0.214. The number of benzene rings is 1. The van der Waals surface area contributed by atoms with Gasteiger partial charge >= 0.3 is 0 Å². The summed E-state index contributed by atoms with van der Waals surface area (Å²) in [5, 5.41) is 11.2. The molecule has 2 aromatic rings. The highest BCUT2D eigenvalue weighted by molar-refractivity contribution is 6.46. The molecule has 4 rings (SSSR count). The van der Waals surface area contributed by atoms with Gasteiger partial charge in [-0.3, -0.25) is 19.5 Å². The molecule has 1 unspecified atom stereocenters. The fraction of sp³-hybridized carbons (Fsp3) is 0.393. The fourth-order valence-electron chi connectivity index (χ4n) is 4.64. The van der Waals surface area contributed by atoms with E-state index in [2.05, 4.69) is 16.5 Å². The summed E-state index contributed by atoms with van der Waals surface area (Å²) in [6.45, 7) is 10.5. The van der Waals surface area contributed by atoms with E-state index >= 15 is 0 Å². The molecule has 9 nitrogen and oxygen atoms in total. The number of nitrogens with zero attached hydrogens (tertiary/aromatic N) is 3. The lowest BCUT2D eigenvalue weighted by atomic mass is 9.95. The third kappa shape index (κ3) is 6.00. The zero-order chi connectivity index (χ0) is 26.2. The molecule has 0 bridgehead atoms. The van der Waals surface area contributed by atoms with Crippen LogP contribution < -0.4 is 9.47 Å². The molecule has 1 amide bonds. The van der Waals surface area contributed by atoms with Gasteiger partial charge in [0, 0.05) is 44.1 Å². The maximum absolute atomic E-state index is 13.3. The molecule has 0 aliphatic carbocycles. The molecule has 1 N–H and O–H groups in total. The van der Waals surface area contributed by atoms with Crippen molar-refractivity contribution in [3.8, 4) is 11.5 Å². The van der Waals surface area contributed by atoms with Crippen LogP contribution in [0.1, 0.15) is 30.5 Å². The Balaban J connectivity index is 1.71. The number of hydrogen-bond donors (Lipinski definition) is 1. The molecule has 1 atom stereocenters. The summed E-state index contributed by atoms with van der Waals surface area (Å²) >= 11 is 0. The predicted octanol–water partition coefficient (Wildman–Crippen LogP) is 3.19. The second-order valence-electron chi connectivity index (χ2n) is 8.77. The molecule has 2 aliphatic heterocycles. The lowest BCUT2D eigenvalue weighted by Crippen LogP contribution is -2.39. The lowest BCUT2D eigenvalue weighted by molar-refractivity contribution is -0.140. The number of amides is 1. The number of carbonyl (C=O) groups is 2. The Morgan fingerprint density at radius 2 is 1.89 bits per heavy atom. The van der Waals surface area contributed by atoms with Gasteiger partial charge in [-0.15, -0.1) is 0 Å². The molecular formula is C28H33N3O6. The number of ketones is 1. The van der Waals surface area contributed by atoms with Gasteiger partial charge in [-0.05, 0) is 43.2 Å². The van der Waals surface area contributed by atoms with E-state index in [4.69, 9.17) is 14.2 Å². The van der Waals surface area contributed by atoms with E-state index in [1.54, 1.807) is 41.3 Å². The molecule has 196 valence electrons. The van der Waals surface area contributed by atoms with Crippen LogP contribution in [0, 0.1) is 0 Å². The summed E-state index contributed by atoms with van der Waals surface area (Å²) in [4.78, 5) is 34.3. The van der Waals surface area contributed by atoms with Crippen molar-refractivity contribution in [2.45, 2.75) is 19.4 Å². The molecule has 1 aromatic heterocycles. The van der Waals surface area contributed by atoms with Gasteiger partial charge < -0.3 is 24.2 Å². The number of Topliss-reactive ketones (excluding diaryl/α,β-unsaturated/α-hetero) is 1. The third-order valence-electron chi connectivity index (χ3n) is 6.41. The summed E-state index contributed by atoms with van der Waals surface area (Å²) in [6.07, 6.45) is 5.38. The maximum atomic E-state index is 13.3. The van der Waals surface area contributed by atoms with Crippen molar-refractivity contribution in [1.29, 1.82) is 0 Å². The molecule has 3 heterocycles. The zero-order valence-electron chi connectivity index (χ0n) is 21.1. The Morgan fingerprint density at radius 3 is 2.59 bits per heavy atom. The minimum atomic E-state index is -0.773. The Morgan fingerprint density at radius 1 is 1.14 bits per heavy atom. The first-order valence-electron chi connectivity index (χ1n) is 12.5. The number of likely N-dealkylation sites (tertiary alicyclic amines) is 1. The van der Waals surface area contributed by atoms with E-state index in [1.807, 2.05) is 6.92 Å². The SMILES string of the molecule is C=CCOc1ccc(C2C(=C(O)c3ccncc3)C(=O)C(=O)N2CCCN2CCOCC2)cc1OCC. The van der Waals surface area contributed by atoms with Crippen LogP contribution in [-0.2, 0) is 14.3 Å². The number of aromatic nitrogens is 1. The first-order chi connectivity index (χ1) is 18.0. The molecule has 2 saturated heterocycles. The van der Waals surface area contributed by atoms with Gasteiger partial charge in [0.25, 0.3) is 11.7 Å². The van der Waals surface area contributed by atoms with Crippen LogP contribution in [0.2, 0.25) is 0 Å². The highest BCUT2D eigenvalue weighted by Crippen LogP contribution is 2.42. The molecule has 0 saturated carbocycles. The highest BCUT2D eigenvalue weighted by Gasteiger charge is 2.46. The van der Waals surface area contributed by atoms with Crippen molar-refractivity contribution in [2.24, 2.45) is 0 Å². The number of pyridine rings is 1. The Hall–Kier alpha value is -3.69. The van der Waals surface area contributed by atoms with Gasteiger partial charge in [0.15, 0.2) is 11.5 Å². The Kier molecular flexibility index (Phi) is 8.92. The van der Waals surface area contributed by atoms with Crippen LogP contribution in [0.25, 0.3) is 5.76 Å². The second-order valence-corrected chi connectivity index (χ2v) is 8.77. The second kappa shape index (κ2) is 12.5. The van der Waals surface area contributed by atoms with E-state index < -0.39 is 17.7 Å². The Labute approximate surface area is 216 Å². The largest absolute Gasteiger partial charge is 0.507 e. The molecule has 9 heteroatoms. The molecular weight excluding hydrogens is 474 g/mol. The highest BCUT2D eigenvalue weighted by atomic mass is 16.5. The minimum Gasteiger partial charge on any atom is -0.507 e. The summed E-state index contributed by atoms with van der Waals surface area (Å²) in [6, 6.07) is 7.76. The summed E-state index contributed by atoms with van der Waals surface area (Å²) in [5.74, 6) is -0.553. The normalized spacial score (nSPS) is 19.7. The monoisotopic (exact) mass is 507 g/mol. The molecule has 2 fully saturated rings. The van der Waals surface area contributed by atoms with Crippen LogP contribution in [0.3, 0.4) is 0 Å². The van der Waals surface area contributed by atoms with E-state index in [0.29, 0.717) is 62.0 Å².